The maximum Gasteiger partial charge on any atom is 0.344 e. The van der Waals surface area contributed by atoms with Crippen molar-refractivity contribution in [2.75, 3.05) is 46.7 Å². The third-order valence-corrected chi connectivity index (χ3v) is 3.94. The Morgan fingerprint density at radius 1 is 1.27 bits per heavy atom. The second kappa shape index (κ2) is 8.25. The molecule has 0 saturated heterocycles. The van der Waals surface area contributed by atoms with Crippen molar-refractivity contribution < 1.29 is 13.6 Å². The zero-order valence-electron chi connectivity index (χ0n) is 10.2. The molecule has 5 nitrogen and oxygen atoms in total. The number of nitrogens with zero attached hydrogens (tertiary/aromatic N) is 1. The van der Waals surface area contributed by atoms with Crippen LogP contribution in [0, 0.1) is 0 Å². The van der Waals surface area contributed by atoms with Crippen molar-refractivity contribution in [2.45, 2.75) is 13.8 Å². The summed E-state index contributed by atoms with van der Waals surface area (Å²) in [4.78, 5) is 1.95. The average molecular weight is 238 g/mol. The Morgan fingerprint density at radius 3 is 2.20 bits per heavy atom. The van der Waals surface area contributed by atoms with Crippen molar-refractivity contribution in [1.82, 2.24) is 10.2 Å². The molecule has 0 aromatic carbocycles. The molecule has 0 spiro atoms. The van der Waals surface area contributed by atoms with Crippen molar-refractivity contribution in [2.24, 2.45) is 0 Å². The molecule has 92 valence electrons. The van der Waals surface area contributed by atoms with Crippen LogP contribution in [0.5, 0.6) is 0 Å². The summed E-state index contributed by atoms with van der Waals surface area (Å²) in [6.07, 6.45) is 0.344. The maximum absolute atomic E-state index is 12.1. The third-order valence-electron chi connectivity index (χ3n) is 1.81. The van der Waals surface area contributed by atoms with Gasteiger partial charge in [-0.05, 0) is 27.9 Å². The summed E-state index contributed by atoms with van der Waals surface area (Å²) in [7, 11) is 0.875. The minimum absolute atomic E-state index is 0.344. The summed E-state index contributed by atoms with van der Waals surface area (Å²) in [5.41, 5.74) is 0. The van der Waals surface area contributed by atoms with Crippen LogP contribution in [0.3, 0.4) is 0 Å². The van der Waals surface area contributed by atoms with Crippen LogP contribution >= 0.6 is 7.60 Å². The van der Waals surface area contributed by atoms with E-state index in [9.17, 15) is 4.57 Å². The van der Waals surface area contributed by atoms with Gasteiger partial charge >= 0.3 is 7.60 Å². The molecular weight excluding hydrogens is 215 g/mol. The molecule has 6 heteroatoms. The first-order chi connectivity index (χ1) is 7.08. The number of hydrogen-bond acceptors (Lipinski definition) is 5. The van der Waals surface area contributed by atoms with E-state index >= 15 is 0 Å². The second-order valence-corrected chi connectivity index (χ2v) is 5.29. The average Bonchev–Trinajstić information content (AvgIpc) is 2.15. The van der Waals surface area contributed by atoms with Crippen molar-refractivity contribution in [3.8, 4) is 0 Å². The van der Waals surface area contributed by atoms with Crippen LogP contribution in [0.25, 0.3) is 0 Å². The summed E-state index contributed by atoms with van der Waals surface area (Å²) in [6, 6.07) is 0. The Hall–Kier alpha value is 0.0700. The van der Waals surface area contributed by atoms with Crippen LogP contribution in [0.15, 0.2) is 0 Å². The molecule has 0 fully saturated rings. The van der Waals surface area contributed by atoms with Gasteiger partial charge in [-0.3, -0.25) is 9.46 Å². The van der Waals surface area contributed by atoms with E-state index in [0.29, 0.717) is 19.5 Å². The molecule has 0 aliphatic heterocycles. The van der Waals surface area contributed by atoms with Gasteiger partial charge in [0.05, 0.1) is 13.2 Å². The summed E-state index contributed by atoms with van der Waals surface area (Å²) in [5.74, 6) is 0. The lowest BCUT2D eigenvalue weighted by atomic mass is 10.6. The third kappa shape index (κ3) is 7.03. The lowest BCUT2D eigenvalue weighted by molar-refractivity contribution is 0.203. The highest BCUT2D eigenvalue weighted by molar-refractivity contribution is 7.53. The number of nitrogens with one attached hydrogen (secondary N) is 1. The molecule has 0 aromatic heterocycles. The highest BCUT2D eigenvalue weighted by atomic mass is 31.2. The van der Waals surface area contributed by atoms with Gasteiger partial charge in [-0.25, -0.2) is 0 Å². The van der Waals surface area contributed by atoms with Crippen molar-refractivity contribution >= 4 is 7.60 Å². The molecule has 0 unspecified atom stereocenters. The molecule has 0 bridgehead atoms. The Kier molecular flexibility index (Phi) is 8.29. The van der Waals surface area contributed by atoms with E-state index in [-0.39, 0.29) is 0 Å². The number of likely N-dealkylation sites (N-methyl/N-ethyl adjacent to an activating group) is 2. The number of rotatable bonds is 9. The minimum atomic E-state index is -2.92. The van der Waals surface area contributed by atoms with Gasteiger partial charge in [0.1, 0.15) is 6.29 Å². The quantitative estimate of drug-likeness (QED) is 0.615. The molecule has 0 heterocycles. The molecular formula is C9H23N2O3P. The molecule has 0 rings (SSSR count). The molecule has 0 aliphatic rings. The fourth-order valence-corrected chi connectivity index (χ4v) is 2.94. The summed E-state index contributed by atoms with van der Waals surface area (Å²) in [5, 5.41) is 3.04. The Morgan fingerprint density at radius 2 is 1.80 bits per heavy atom. The van der Waals surface area contributed by atoms with Gasteiger partial charge in [-0.1, -0.05) is 0 Å². The maximum atomic E-state index is 12.1. The van der Waals surface area contributed by atoms with E-state index in [4.69, 9.17) is 9.05 Å². The van der Waals surface area contributed by atoms with Crippen LogP contribution in [0.4, 0.5) is 0 Å². The largest absolute Gasteiger partial charge is 0.344 e. The first kappa shape index (κ1) is 15.1. The van der Waals surface area contributed by atoms with Gasteiger partial charge in [-0.2, -0.15) is 0 Å². The van der Waals surface area contributed by atoms with Gasteiger partial charge < -0.3 is 14.4 Å². The lowest BCUT2D eigenvalue weighted by Crippen LogP contribution is -2.28. The Bertz CT molecular complexity index is 192. The fourth-order valence-electron chi connectivity index (χ4n) is 1.18. The summed E-state index contributed by atoms with van der Waals surface area (Å²) < 4.78 is 22.5. The van der Waals surface area contributed by atoms with Crippen LogP contribution in [-0.2, 0) is 13.6 Å². The van der Waals surface area contributed by atoms with Gasteiger partial charge in [0, 0.05) is 13.1 Å². The van der Waals surface area contributed by atoms with Gasteiger partial charge in [0.2, 0.25) is 0 Å². The van der Waals surface area contributed by atoms with Crippen molar-refractivity contribution in [3.05, 3.63) is 0 Å². The topological polar surface area (TPSA) is 50.8 Å². The van der Waals surface area contributed by atoms with E-state index in [1.165, 1.54) is 0 Å². The fraction of sp³-hybridized carbons (Fsp3) is 1.00. The molecule has 0 atom stereocenters. The Balaban J connectivity index is 4.08. The normalized spacial score (nSPS) is 12.3. The molecule has 15 heavy (non-hydrogen) atoms. The van der Waals surface area contributed by atoms with Crippen LogP contribution in [0.2, 0.25) is 0 Å². The standard InChI is InChI=1S/C9H23N2O3P/c1-5-13-15(12,14-6-2)9-11(4)8-7-10-3/h10H,5-9H2,1-4H3. The number of hydrogen-bond donors (Lipinski definition) is 1. The summed E-state index contributed by atoms with van der Waals surface area (Å²) >= 11 is 0. The second-order valence-electron chi connectivity index (χ2n) is 3.27. The summed E-state index contributed by atoms with van der Waals surface area (Å²) in [6.45, 7) is 6.14. The van der Waals surface area contributed by atoms with E-state index in [2.05, 4.69) is 5.32 Å². The molecule has 0 saturated carbocycles. The molecule has 1 N–H and O–H groups in total. The van der Waals surface area contributed by atoms with E-state index < -0.39 is 7.60 Å². The monoisotopic (exact) mass is 238 g/mol. The van der Waals surface area contributed by atoms with Crippen molar-refractivity contribution in [3.63, 3.8) is 0 Å². The highest BCUT2D eigenvalue weighted by Crippen LogP contribution is 2.48. The van der Waals surface area contributed by atoms with E-state index in [1.807, 2.05) is 32.8 Å². The van der Waals surface area contributed by atoms with E-state index in [0.717, 1.165) is 13.1 Å². The van der Waals surface area contributed by atoms with Crippen molar-refractivity contribution in [1.29, 1.82) is 0 Å². The molecule has 0 aliphatic carbocycles. The molecule has 0 radical (unpaired) electrons. The molecule has 0 amide bonds. The predicted octanol–water partition coefficient (Wildman–Crippen LogP) is 1.36. The van der Waals surface area contributed by atoms with Gasteiger partial charge in [0.15, 0.2) is 0 Å². The predicted molar refractivity (Wildman–Crippen MR) is 62.3 cm³/mol. The SMILES string of the molecule is CCOP(=O)(CN(C)CCNC)OCC. The first-order valence-corrected chi connectivity index (χ1v) is 7.02. The Labute approximate surface area is 92.7 Å². The highest BCUT2D eigenvalue weighted by Gasteiger charge is 2.25. The minimum Gasteiger partial charge on any atom is -0.318 e. The van der Waals surface area contributed by atoms with Crippen LogP contribution in [-0.4, -0.2) is 51.6 Å². The van der Waals surface area contributed by atoms with Crippen LogP contribution < -0.4 is 5.32 Å². The molecule has 0 aromatic rings. The smallest absolute Gasteiger partial charge is 0.318 e. The zero-order valence-corrected chi connectivity index (χ0v) is 11.0. The van der Waals surface area contributed by atoms with Gasteiger partial charge in [-0.15, -0.1) is 0 Å². The van der Waals surface area contributed by atoms with Gasteiger partial charge in [0.25, 0.3) is 0 Å². The lowest BCUT2D eigenvalue weighted by Gasteiger charge is -2.23. The van der Waals surface area contributed by atoms with E-state index in [1.54, 1.807) is 0 Å². The zero-order chi connectivity index (χ0) is 11.7. The van der Waals surface area contributed by atoms with Crippen LogP contribution in [0.1, 0.15) is 13.8 Å². The first-order valence-electron chi connectivity index (χ1n) is 5.29.